The summed E-state index contributed by atoms with van der Waals surface area (Å²) in [6.45, 7) is 0. The number of aromatic nitrogens is 3. The molecule has 0 aliphatic carbocycles. The molecule has 2 saturated heterocycles. The molecule has 0 aromatic carbocycles. The van der Waals surface area contributed by atoms with Crippen molar-refractivity contribution in [3.8, 4) is 12.0 Å². The molecule has 104 valence electrons. The Morgan fingerprint density at radius 1 is 1.00 bits per heavy atom. The predicted octanol–water partition coefficient (Wildman–Crippen LogP) is 0.584. The molecular formula is C12H19N5O2. The summed E-state index contributed by atoms with van der Waals surface area (Å²) in [7, 11) is 3.06. The first kappa shape index (κ1) is 12.4. The van der Waals surface area contributed by atoms with Crippen LogP contribution in [-0.2, 0) is 0 Å². The van der Waals surface area contributed by atoms with Crippen molar-refractivity contribution in [1.82, 2.24) is 20.3 Å². The second-order valence-electron chi connectivity index (χ2n) is 5.08. The fourth-order valence-corrected chi connectivity index (χ4v) is 2.94. The van der Waals surface area contributed by atoms with E-state index in [9.17, 15) is 0 Å². The minimum Gasteiger partial charge on any atom is -0.467 e. The van der Waals surface area contributed by atoms with Crippen molar-refractivity contribution in [2.75, 3.05) is 19.5 Å². The number of hydrogen-bond acceptors (Lipinski definition) is 7. The number of nitrogens with zero attached hydrogens (tertiary/aromatic N) is 3. The van der Waals surface area contributed by atoms with E-state index in [1.807, 2.05) is 0 Å². The minimum atomic E-state index is 0.270. The van der Waals surface area contributed by atoms with Gasteiger partial charge in [0.25, 0.3) is 0 Å². The molecule has 0 amide bonds. The van der Waals surface area contributed by atoms with Gasteiger partial charge in [0, 0.05) is 18.1 Å². The zero-order valence-corrected chi connectivity index (χ0v) is 11.2. The molecule has 2 atom stereocenters. The summed E-state index contributed by atoms with van der Waals surface area (Å²) in [5.41, 5.74) is 0. The van der Waals surface area contributed by atoms with E-state index in [-0.39, 0.29) is 12.0 Å². The summed E-state index contributed by atoms with van der Waals surface area (Å²) in [6.07, 6.45) is 4.75. The van der Waals surface area contributed by atoms with E-state index in [1.165, 1.54) is 27.1 Å². The van der Waals surface area contributed by atoms with Crippen LogP contribution in [0.15, 0.2) is 0 Å². The minimum absolute atomic E-state index is 0.270. The number of nitrogens with one attached hydrogen (secondary N) is 2. The highest BCUT2D eigenvalue weighted by molar-refractivity contribution is 5.29. The quantitative estimate of drug-likeness (QED) is 0.824. The van der Waals surface area contributed by atoms with Crippen molar-refractivity contribution >= 4 is 5.95 Å². The summed E-state index contributed by atoms with van der Waals surface area (Å²) in [4.78, 5) is 12.4. The van der Waals surface area contributed by atoms with Crippen molar-refractivity contribution in [2.45, 2.75) is 43.8 Å². The Balaban J connectivity index is 1.72. The summed E-state index contributed by atoms with van der Waals surface area (Å²) < 4.78 is 10.1. The van der Waals surface area contributed by atoms with Crippen LogP contribution in [0.3, 0.4) is 0 Å². The maximum atomic E-state index is 5.05. The first-order chi connectivity index (χ1) is 9.26. The van der Waals surface area contributed by atoms with E-state index in [1.54, 1.807) is 0 Å². The molecule has 2 N–H and O–H groups in total. The smallest absolute Gasteiger partial charge is 0.324 e. The predicted molar refractivity (Wildman–Crippen MR) is 69.5 cm³/mol. The van der Waals surface area contributed by atoms with Crippen molar-refractivity contribution < 1.29 is 9.47 Å². The van der Waals surface area contributed by atoms with Crippen molar-refractivity contribution in [2.24, 2.45) is 0 Å². The van der Waals surface area contributed by atoms with Crippen LogP contribution < -0.4 is 20.1 Å². The number of rotatable bonds is 4. The molecule has 19 heavy (non-hydrogen) atoms. The van der Waals surface area contributed by atoms with Crippen LogP contribution in [0.5, 0.6) is 12.0 Å². The van der Waals surface area contributed by atoms with Crippen LogP contribution >= 0.6 is 0 Å². The maximum absolute atomic E-state index is 5.05. The van der Waals surface area contributed by atoms with E-state index >= 15 is 0 Å². The largest absolute Gasteiger partial charge is 0.467 e. The maximum Gasteiger partial charge on any atom is 0.324 e. The van der Waals surface area contributed by atoms with Gasteiger partial charge in [-0.05, 0) is 25.7 Å². The molecule has 0 saturated carbocycles. The van der Waals surface area contributed by atoms with Crippen LogP contribution in [0.4, 0.5) is 5.95 Å². The Morgan fingerprint density at radius 3 is 2.11 bits per heavy atom. The lowest BCUT2D eigenvalue weighted by Crippen LogP contribution is -2.43. The van der Waals surface area contributed by atoms with Gasteiger partial charge in [0.05, 0.1) is 14.2 Å². The Bertz CT molecular complexity index is 421. The average Bonchev–Trinajstić information content (AvgIpc) is 2.77. The van der Waals surface area contributed by atoms with Crippen LogP contribution in [0.25, 0.3) is 0 Å². The third-order valence-corrected chi connectivity index (χ3v) is 3.77. The molecule has 3 heterocycles. The molecule has 2 aliphatic heterocycles. The molecule has 0 radical (unpaired) electrons. The third kappa shape index (κ3) is 2.70. The lowest BCUT2D eigenvalue weighted by atomic mass is 10.0. The number of hydrogen-bond donors (Lipinski definition) is 2. The standard InChI is InChI=1S/C12H19N5O2/c1-18-11-15-10(16-12(17-11)19-2)14-9-5-7-3-4-8(6-9)13-7/h7-9,13H,3-6H2,1-2H3,(H,14,15,16,17). The van der Waals surface area contributed by atoms with Crippen molar-refractivity contribution in [3.63, 3.8) is 0 Å². The van der Waals surface area contributed by atoms with Crippen LogP contribution in [-0.4, -0.2) is 47.3 Å². The van der Waals surface area contributed by atoms with E-state index < -0.39 is 0 Å². The third-order valence-electron chi connectivity index (χ3n) is 3.77. The molecule has 2 aliphatic rings. The van der Waals surface area contributed by atoms with E-state index in [2.05, 4.69) is 25.6 Å². The first-order valence-electron chi connectivity index (χ1n) is 6.63. The lowest BCUT2D eigenvalue weighted by Gasteiger charge is -2.29. The molecule has 7 heteroatoms. The van der Waals surface area contributed by atoms with Crippen LogP contribution in [0, 0.1) is 0 Å². The highest BCUT2D eigenvalue weighted by Crippen LogP contribution is 2.28. The second kappa shape index (κ2) is 5.16. The van der Waals surface area contributed by atoms with Gasteiger partial charge in [-0.15, -0.1) is 4.98 Å². The van der Waals surface area contributed by atoms with Gasteiger partial charge >= 0.3 is 12.0 Å². The van der Waals surface area contributed by atoms with E-state index in [0.29, 0.717) is 24.1 Å². The SMILES string of the molecule is COc1nc(NC2CC3CCC(C2)N3)nc(OC)n1. The monoisotopic (exact) mass is 265 g/mol. The molecule has 0 spiro atoms. The summed E-state index contributed by atoms with van der Waals surface area (Å²) >= 11 is 0. The Kier molecular flexibility index (Phi) is 3.37. The molecule has 2 bridgehead atoms. The molecule has 1 aromatic rings. The molecular weight excluding hydrogens is 246 g/mol. The molecule has 3 rings (SSSR count). The van der Waals surface area contributed by atoms with Crippen molar-refractivity contribution in [3.05, 3.63) is 0 Å². The van der Waals surface area contributed by atoms with E-state index in [4.69, 9.17) is 9.47 Å². The average molecular weight is 265 g/mol. The highest BCUT2D eigenvalue weighted by atomic mass is 16.5. The van der Waals surface area contributed by atoms with Gasteiger partial charge in [0.2, 0.25) is 5.95 Å². The van der Waals surface area contributed by atoms with E-state index in [0.717, 1.165) is 12.8 Å². The van der Waals surface area contributed by atoms with Gasteiger partial charge < -0.3 is 20.1 Å². The number of piperidine rings is 1. The number of fused-ring (bicyclic) bond motifs is 2. The lowest BCUT2D eigenvalue weighted by molar-refractivity contribution is 0.339. The Labute approximate surface area is 112 Å². The van der Waals surface area contributed by atoms with Gasteiger partial charge in [-0.1, -0.05) is 0 Å². The number of anilines is 1. The molecule has 7 nitrogen and oxygen atoms in total. The molecule has 1 aromatic heterocycles. The van der Waals surface area contributed by atoms with Gasteiger partial charge in [-0.25, -0.2) is 0 Å². The normalized spacial score (nSPS) is 29.1. The topological polar surface area (TPSA) is 81.2 Å². The Morgan fingerprint density at radius 2 is 1.58 bits per heavy atom. The zero-order valence-electron chi connectivity index (χ0n) is 11.2. The first-order valence-corrected chi connectivity index (χ1v) is 6.63. The summed E-state index contributed by atoms with van der Waals surface area (Å²) in [5, 5.41) is 6.98. The number of methoxy groups -OCH3 is 2. The van der Waals surface area contributed by atoms with Crippen LogP contribution in [0.2, 0.25) is 0 Å². The highest BCUT2D eigenvalue weighted by Gasteiger charge is 2.33. The fraction of sp³-hybridized carbons (Fsp3) is 0.750. The zero-order chi connectivity index (χ0) is 13.2. The molecule has 2 fully saturated rings. The summed E-state index contributed by atoms with van der Waals surface area (Å²) in [5.74, 6) is 0.523. The second-order valence-corrected chi connectivity index (χ2v) is 5.08. The Hall–Kier alpha value is -1.63. The van der Waals surface area contributed by atoms with Gasteiger partial charge in [-0.2, -0.15) is 9.97 Å². The van der Waals surface area contributed by atoms with Gasteiger partial charge in [0.15, 0.2) is 0 Å². The van der Waals surface area contributed by atoms with Gasteiger partial charge in [-0.3, -0.25) is 0 Å². The fourth-order valence-electron chi connectivity index (χ4n) is 2.94. The van der Waals surface area contributed by atoms with Crippen LogP contribution in [0.1, 0.15) is 25.7 Å². The number of ether oxygens (including phenoxy) is 2. The van der Waals surface area contributed by atoms with Crippen molar-refractivity contribution in [1.29, 1.82) is 0 Å². The summed E-state index contributed by atoms with van der Waals surface area (Å²) in [6, 6.07) is 2.19. The van der Waals surface area contributed by atoms with Gasteiger partial charge in [0.1, 0.15) is 0 Å². The molecule has 2 unspecified atom stereocenters.